The van der Waals surface area contributed by atoms with Crippen LogP contribution < -0.4 is 10.6 Å². The lowest BCUT2D eigenvalue weighted by Gasteiger charge is -2.42. The van der Waals surface area contributed by atoms with Gasteiger partial charge in [0.1, 0.15) is 0 Å². The SMILES string of the molecule is N#Cc1ccc(N)c(N2CCC3CCCCC3C2)c1. The molecular formula is C16H21N3. The fourth-order valence-electron chi connectivity index (χ4n) is 3.71. The van der Waals surface area contributed by atoms with Crippen LogP contribution in [0.5, 0.6) is 0 Å². The first-order valence-electron chi connectivity index (χ1n) is 7.32. The highest BCUT2D eigenvalue weighted by Crippen LogP contribution is 2.38. The maximum Gasteiger partial charge on any atom is 0.0992 e. The van der Waals surface area contributed by atoms with Crippen molar-refractivity contribution in [2.45, 2.75) is 32.1 Å². The van der Waals surface area contributed by atoms with E-state index in [0.29, 0.717) is 5.56 Å². The molecule has 3 heteroatoms. The molecule has 1 aromatic carbocycles. The quantitative estimate of drug-likeness (QED) is 0.784. The summed E-state index contributed by atoms with van der Waals surface area (Å²) < 4.78 is 0. The summed E-state index contributed by atoms with van der Waals surface area (Å²) in [6.07, 6.45) is 6.84. The van der Waals surface area contributed by atoms with Crippen LogP contribution in [0.2, 0.25) is 0 Å². The number of hydrogen-bond acceptors (Lipinski definition) is 3. The lowest BCUT2D eigenvalue weighted by Crippen LogP contribution is -2.42. The molecule has 3 nitrogen and oxygen atoms in total. The predicted octanol–water partition coefficient (Wildman–Crippen LogP) is 3.16. The van der Waals surface area contributed by atoms with Crippen molar-refractivity contribution in [1.29, 1.82) is 5.26 Å². The average molecular weight is 255 g/mol. The zero-order valence-electron chi connectivity index (χ0n) is 11.3. The molecule has 2 fully saturated rings. The first kappa shape index (κ1) is 12.3. The minimum atomic E-state index is 0.704. The van der Waals surface area contributed by atoms with E-state index >= 15 is 0 Å². The highest BCUT2D eigenvalue weighted by atomic mass is 15.1. The molecule has 2 unspecified atom stereocenters. The van der Waals surface area contributed by atoms with Crippen LogP contribution in [0.25, 0.3) is 0 Å². The first-order chi connectivity index (χ1) is 9.28. The Kier molecular flexibility index (Phi) is 3.33. The van der Waals surface area contributed by atoms with Crippen LogP contribution in [-0.2, 0) is 0 Å². The van der Waals surface area contributed by atoms with Gasteiger partial charge in [-0.25, -0.2) is 0 Å². The van der Waals surface area contributed by atoms with E-state index in [0.717, 1.165) is 36.3 Å². The van der Waals surface area contributed by atoms with Gasteiger partial charge in [0, 0.05) is 13.1 Å². The predicted molar refractivity (Wildman–Crippen MR) is 77.8 cm³/mol. The van der Waals surface area contributed by atoms with Gasteiger partial charge < -0.3 is 10.6 Å². The molecule has 0 radical (unpaired) electrons. The van der Waals surface area contributed by atoms with E-state index in [1.165, 1.54) is 32.1 Å². The molecule has 1 heterocycles. The number of nitrogen functional groups attached to an aromatic ring is 1. The molecule has 2 aliphatic rings. The molecule has 100 valence electrons. The maximum atomic E-state index is 9.03. The highest BCUT2D eigenvalue weighted by molar-refractivity contribution is 5.69. The minimum Gasteiger partial charge on any atom is -0.397 e. The number of fused-ring (bicyclic) bond motifs is 1. The molecule has 2 atom stereocenters. The van der Waals surface area contributed by atoms with Crippen molar-refractivity contribution < 1.29 is 0 Å². The van der Waals surface area contributed by atoms with Gasteiger partial charge in [-0.3, -0.25) is 0 Å². The van der Waals surface area contributed by atoms with E-state index < -0.39 is 0 Å². The number of benzene rings is 1. The third-order valence-corrected chi connectivity index (χ3v) is 4.79. The van der Waals surface area contributed by atoms with Crippen molar-refractivity contribution in [1.82, 2.24) is 0 Å². The molecule has 19 heavy (non-hydrogen) atoms. The Labute approximate surface area is 115 Å². The number of piperidine rings is 1. The smallest absolute Gasteiger partial charge is 0.0992 e. The third kappa shape index (κ3) is 2.40. The standard InChI is InChI=1S/C16H21N3/c17-10-12-5-6-15(18)16(9-12)19-8-7-13-3-1-2-4-14(13)11-19/h5-6,9,13-14H,1-4,7-8,11,18H2. The Morgan fingerprint density at radius 3 is 2.74 bits per heavy atom. The third-order valence-electron chi connectivity index (χ3n) is 4.79. The van der Waals surface area contributed by atoms with Gasteiger partial charge in [0.2, 0.25) is 0 Å². The molecule has 1 saturated heterocycles. The molecule has 1 saturated carbocycles. The van der Waals surface area contributed by atoms with Crippen LogP contribution in [0.3, 0.4) is 0 Å². The first-order valence-corrected chi connectivity index (χ1v) is 7.32. The molecule has 1 aliphatic carbocycles. The summed E-state index contributed by atoms with van der Waals surface area (Å²) in [4.78, 5) is 2.39. The topological polar surface area (TPSA) is 53.1 Å². The minimum absolute atomic E-state index is 0.704. The second-order valence-corrected chi connectivity index (χ2v) is 5.92. The molecule has 0 spiro atoms. The second-order valence-electron chi connectivity index (χ2n) is 5.92. The van der Waals surface area contributed by atoms with Gasteiger partial charge >= 0.3 is 0 Å². The lowest BCUT2D eigenvalue weighted by molar-refractivity contribution is 0.202. The van der Waals surface area contributed by atoms with Crippen LogP contribution in [0.1, 0.15) is 37.7 Å². The number of rotatable bonds is 1. The van der Waals surface area contributed by atoms with Gasteiger partial charge in [0.15, 0.2) is 0 Å². The molecule has 3 rings (SSSR count). The number of hydrogen-bond donors (Lipinski definition) is 1. The van der Waals surface area contributed by atoms with Crippen LogP contribution in [0, 0.1) is 23.2 Å². The van der Waals surface area contributed by atoms with Crippen LogP contribution in [0.15, 0.2) is 18.2 Å². The maximum absolute atomic E-state index is 9.03. The Morgan fingerprint density at radius 1 is 1.16 bits per heavy atom. The fourth-order valence-corrected chi connectivity index (χ4v) is 3.71. The van der Waals surface area contributed by atoms with Crippen LogP contribution in [0.4, 0.5) is 11.4 Å². The molecule has 1 aromatic rings. The molecule has 2 N–H and O–H groups in total. The van der Waals surface area contributed by atoms with Gasteiger partial charge in [0.25, 0.3) is 0 Å². The van der Waals surface area contributed by atoms with E-state index in [2.05, 4.69) is 11.0 Å². The fraction of sp³-hybridized carbons (Fsp3) is 0.562. The van der Waals surface area contributed by atoms with Crippen molar-refractivity contribution in [3.05, 3.63) is 23.8 Å². The highest BCUT2D eigenvalue weighted by Gasteiger charge is 2.31. The van der Waals surface area contributed by atoms with Crippen LogP contribution >= 0.6 is 0 Å². The summed E-state index contributed by atoms with van der Waals surface area (Å²) in [5.41, 5.74) is 8.65. The monoisotopic (exact) mass is 255 g/mol. The van der Waals surface area contributed by atoms with Crippen molar-refractivity contribution in [3.8, 4) is 6.07 Å². The molecule has 0 aromatic heterocycles. The van der Waals surface area contributed by atoms with Gasteiger partial charge in [0.05, 0.1) is 23.0 Å². The van der Waals surface area contributed by atoms with Gasteiger partial charge in [-0.05, 0) is 42.9 Å². The Hall–Kier alpha value is -1.69. The van der Waals surface area contributed by atoms with Gasteiger partial charge in [-0.2, -0.15) is 5.26 Å². The van der Waals surface area contributed by atoms with Crippen molar-refractivity contribution >= 4 is 11.4 Å². The number of anilines is 2. The summed E-state index contributed by atoms with van der Waals surface area (Å²) in [5, 5.41) is 9.03. The lowest BCUT2D eigenvalue weighted by atomic mass is 9.75. The summed E-state index contributed by atoms with van der Waals surface area (Å²) in [6.45, 7) is 2.20. The van der Waals surface area contributed by atoms with E-state index in [1.807, 2.05) is 12.1 Å². The normalized spacial score (nSPS) is 26.6. The largest absolute Gasteiger partial charge is 0.397 e. The summed E-state index contributed by atoms with van der Waals surface area (Å²) in [5.74, 6) is 1.75. The van der Waals surface area contributed by atoms with Crippen molar-refractivity contribution in [2.24, 2.45) is 11.8 Å². The Morgan fingerprint density at radius 2 is 1.95 bits per heavy atom. The molecule has 0 amide bonds. The van der Waals surface area contributed by atoms with E-state index in [-0.39, 0.29) is 0 Å². The molecular weight excluding hydrogens is 234 g/mol. The van der Waals surface area contributed by atoms with E-state index in [1.54, 1.807) is 6.07 Å². The number of nitrogens with zero attached hydrogens (tertiary/aromatic N) is 2. The van der Waals surface area contributed by atoms with Crippen molar-refractivity contribution in [3.63, 3.8) is 0 Å². The number of nitriles is 1. The zero-order valence-corrected chi connectivity index (χ0v) is 11.3. The Bertz CT molecular complexity index is 503. The van der Waals surface area contributed by atoms with Gasteiger partial charge in [-0.15, -0.1) is 0 Å². The van der Waals surface area contributed by atoms with Crippen molar-refractivity contribution in [2.75, 3.05) is 23.7 Å². The Balaban J connectivity index is 1.81. The summed E-state index contributed by atoms with van der Waals surface area (Å²) in [6, 6.07) is 7.81. The molecule has 0 bridgehead atoms. The zero-order chi connectivity index (χ0) is 13.2. The number of nitrogens with two attached hydrogens (primary N) is 1. The molecule has 1 aliphatic heterocycles. The average Bonchev–Trinajstić information content (AvgIpc) is 2.47. The van der Waals surface area contributed by atoms with E-state index in [4.69, 9.17) is 11.0 Å². The summed E-state index contributed by atoms with van der Waals surface area (Å²) in [7, 11) is 0. The van der Waals surface area contributed by atoms with Crippen LogP contribution in [-0.4, -0.2) is 13.1 Å². The summed E-state index contributed by atoms with van der Waals surface area (Å²) >= 11 is 0. The van der Waals surface area contributed by atoms with E-state index in [9.17, 15) is 0 Å². The van der Waals surface area contributed by atoms with Gasteiger partial charge in [-0.1, -0.05) is 19.3 Å². The second kappa shape index (κ2) is 5.13.